The van der Waals surface area contributed by atoms with E-state index in [2.05, 4.69) is 80.4 Å². The van der Waals surface area contributed by atoms with Crippen LogP contribution >= 0.6 is 0 Å². The molecule has 14 rings (SSSR count). The highest BCUT2D eigenvalue weighted by Crippen LogP contribution is 2.54. The standard InChI is InChI=1S/C64H40N10O2/c1-5-23-59-55(19-1)73(56-20-2-6-24-60(56)75-59)43-27-29-45(47(35-43)53-37-51(41-15-13-31-65-39-41)69-63(71-53)49-17-9-11-33-67-49)46-30-28-44(74-57-21-3-7-25-61(57)76-62-26-8-4-22-58(62)74)36-48(46)54-38-52(42-16-14-32-66-40-42)70-64(72-54)50-18-10-12-34-68-50/h1-40H. The Hall–Kier alpha value is -10.7. The van der Waals surface area contributed by atoms with Gasteiger partial charge in [-0.05, 0) is 145 Å². The SMILES string of the molecule is c1ccc(-c2nc(-c3cccnc3)cc(-c3cc(N4c5ccccc5Oc5ccccc54)ccc3-c3ccc(N4c5ccccc5Oc5ccccc54)cc3-c3cc(-c4cccnc4)nc(-c4ccccn4)n3)n2)nc1. The lowest BCUT2D eigenvalue weighted by molar-refractivity contribution is 0.477. The van der Waals surface area contributed by atoms with Crippen LogP contribution in [0.2, 0.25) is 0 Å². The molecule has 12 heteroatoms. The van der Waals surface area contributed by atoms with Crippen molar-refractivity contribution in [2.75, 3.05) is 9.80 Å². The molecular formula is C64H40N10O2. The zero-order chi connectivity index (χ0) is 50.4. The molecule has 0 saturated carbocycles. The molecule has 0 atom stereocenters. The van der Waals surface area contributed by atoms with Crippen LogP contribution in [0, 0.1) is 0 Å². The molecule has 0 saturated heterocycles. The van der Waals surface area contributed by atoms with E-state index in [4.69, 9.17) is 39.4 Å². The summed E-state index contributed by atoms with van der Waals surface area (Å²) in [6.45, 7) is 0. The molecule has 6 aromatic carbocycles. The molecule has 358 valence electrons. The molecule has 0 bridgehead atoms. The van der Waals surface area contributed by atoms with E-state index in [0.717, 1.165) is 90.5 Å². The van der Waals surface area contributed by atoms with Gasteiger partial charge in [-0.3, -0.25) is 19.9 Å². The van der Waals surface area contributed by atoms with Crippen LogP contribution in [0.1, 0.15) is 0 Å². The maximum Gasteiger partial charge on any atom is 0.179 e. The number of rotatable bonds is 9. The molecule has 0 unspecified atom stereocenters. The quantitative estimate of drug-likeness (QED) is 0.137. The van der Waals surface area contributed by atoms with Crippen LogP contribution in [0.15, 0.2) is 243 Å². The molecule has 2 aliphatic heterocycles. The molecule has 0 aliphatic carbocycles. The molecular weight excluding hydrogens is 941 g/mol. The van der Waals surface area contributed by atoms with Crippen LogP contribution in [0.25, 0.3) is 79.2 Å². The predicted molar refractivity (Wildman–Crippen MR) is 296 cm³/mol. The fraction of sp³-hybridized carbons (Fsp3) is 0. The summed E-state index contributed by atoms with van der Waals surface area (Å²) in [6, 6.07) is 68.9. The second-order valence-electron chi connectivity index (χ2n) is 18.0. The van der Waals surface area contributed by atoms with Gasteiger partial charge in [-0.25, -0.2) is 19.9 Å². The number of hydrogen-bond donors (Lipinski definition) is 0. The van der Waals surface area contributed by atoms with E-state index in [-0.39, 0.29) is 0 Å². The third kappa shape index (κ3) is 7.99. The van der Waals surface area contributed by atoms with Crippen molar-refractivity contribution >= 4 is 34.1 Å². The minimum atomic E-state index is 0.465. The summed E-state index contributed by atoms with van der Waals surface area (Å²) in [5, 5.41) is 0. The van der Waals surface area contributed by atoms with Crippen molar-refractivity contribution in [3.63, 3.8) is 0 Å². The van der Waals surface area contributed by atoms with Gasteiger partial charge in [0, 0.05) is 70.8 Å². The van der Waals surface area contributed by atoms with Gasteiger partial charge in [-0.1, -0.05) is 72.8 Å². The number of hydrogen-bond acceptors (Lipinski definition) is 12. The van der Waals surface area contributed by atoms with Gasteiger partial charge in [-0.15, -0.1) is 0 Å². The molecule has 6 aromatic heterocycles. The number of ether oxygens (including phenoxy) is 2. The Morgan fingerprint density at radius 3 is 1.04 bits per heavy atom. The Kier molecular flexibility index (Phi) is 10.8. The van der Waals surface area contributed by atoms with Crippen molar-refractivity contribution in [3.05, 3.63) is 243 Å². The van der Waals surface area contributed by atoms with E-state index in [1.54, 1.807) is 24.8 Å². The topological polar surface area (TPSA) is 128 Å². The van der Waals surface area contributed by atoms with Crippen LogP contribution in [-0.2, 0) is 0 Å². The van der Waals surface area contributed by atoms with E-state index >= 15 is 0 Å². The molecule has 0 amide bonds. The molecule has 2 aliphatic rings. The minimum absolute atomic E-state index is 0.465. The molecule has 0 fully saturated rings. The van der Waals surface area contributed by atoms with Crippen LogP contribution in [-0.4, -0.2) is 39.9 Å². The van der Waals surface area contributed by atoms with E-state index in [9.17, 15) is 0 Å². The number of anilines is 6. The number of nitrogens with zero attached hydrogens (tertiary/aromatic N) is 10. The third-order valence-electron chi connectivity index (χ3n) is 13.4. The van der Waals surface area contributed by atoms with Crippen molar-refractivity contribution in [1.82, 2.24) is 39.9 Å². The average molecular weight is 981 g/mol. The normalized spacial score (nSPS) is 12.1. The Balaban J connectivity index is 1.07. The minimum Gasteiger partial charge on any atom is -0.453 e. The van der Waals surface area contributed by atoms with Gasteiger partial charge >= 0.3 is 0 Å². The first-order valence-corrected chi connectivity index (χ1v) is 24.7. The van der Waals surface area contributed by atoms with Crippen molar-refractivity contribution in [2.45, 2.75) is 0 Å². The molecule has 0 N–H and O–H groups in total. The first kappa shape index (κ1) is 44.0. The second-order valence-corrected chi connectivity index (χ2v) is 18.0. The molecule has 8 heterocycles. The number of aromatic nitrogens is 8. The van der Waals surface area contributed by atoms with E-state index in [1.165, 1.54) is 0 Å². The summed E-state index contributed by atoms with van der Waals surface area (Å²) in [7, 11) is 0. The number of benzene rings is 6. The summed E-state index contributed by atoms with van der Waals surface area (Å²) in [5.74, 6) is 3.90. The Morgan fingerprint density at radius 1 is 0.289 bits per heavy atom. The van der Waals surface area contributed by atoms with Gasteiger partial charge in [0.1, 0.15) is 11.4 Å². The summed E-state index contributed by atoms with van der Waals surface area (Å²) in [5.41, 5.74) is 14.4. The summed E-state index contributed by atoms with van der Waals surface area (Å²) >= 11 is 0. The summed E-state index contributed by atoms with van der Waals surface area (Å²) in [4.78, 5) is 44.1. The first-order valence-electron chi connectivity index (χ1n) is 24.7. The maximum absolute atomic E-state index is 6.51. The van der Waals surface area contributed by atoms with Crippen molar-refractivity contribution in [1.29, 1.82) is 0 Å². The van der Waals surface area contributed by atoms with Crippen LogP contribution in [0.5, 0.6) is 23.0 Å². The molecule has 0 radical (unpaired) electrons. The predicted octanol–water partition coefficient (Wildman–Crippen LogP) is 15.7. The fourth-order valence-corrected chi connectivity index (χ4v) is 9.92. The highest BCUT2D eigenvalue weighted by Gasteiger charge is 2.30. The van der Waals surface area contributed by atoms with Crippen molar-refractivity contribution in [2.24, 2.45) is 0 Å². The number of pyridine rings is 4. The average Bonchev–Trinajstić information content (AvgIpc) is 3.51. The first-order chi connectivity index (χ1) is 37.7. The van der Waals surface area contributed by atoms with Crippen LogP contribution < -0.4 is 19.3 Å². The van der Waals surface area contributed by atoms with Crippen LogP contribution in [0.3, 0.4) is 0 Å². The summed E-state index contributed by atoms with van der Waals surface area (Å²) < 4.78 is 13.0. The zero-order valence-electron chi connectivity index (χ0n) is 40.4. The Bertz CT molecular complexity index is 3670. The van der Waals surface area contributed by atoms with E-state index in [0.29, 0.717) is 45.8 Å². The lowest BCUT2D eigenvalue weighted by Gasteiger charge is -2.33. The number of fused-ring (bicyclic) bond motifs is 4. The lowest BCUT2D eigenvalue weighted by atomic mass is 9.90. The molecule has 76 heavy (non-hydrogen) atoms. The third-order valence-corrected chi connectivity index (χ3v) is 13.4. The van der Waals surface area contributed by atoms with Gasteiger partial charge in [-0.2, -0.15) is 0 Å². The van der Waals surface area contributed by atoms with E-state index in [1.807, 2.05) is 158 Å². The smallest absolute Gasteiger partial charge is 0.179 e. The zero-order valence-corrected chi connectivity index (χ0v) is 40.4. The highest BCUT2D eigenvalue weighted by atomic mass is 16.5. The largest absolute Gasteiger partial charge is 0.453 e. The second kappa shape index (κ2) is 18.7. The van der Waals surface area contributed by atoms with Crippen molar-refractivity contribution < 1.29 is 9.47 Å². The summed E-state index contributed by atoms with van der Waals surface area (Å²) in [6.07, 6.45) is 10.7. The van der Waals surface area contributed by atoms with Gasteiger partial charge in [0.25, 0.3) is 0 Å². The highest BCUT2D eigenvalue weighted by molar-refractivity contribution is 5.98. The monoisotopic (exact) mass is 980 g/mol. The molecule has 12 nitrogen and oxygen atoms in total. The van der Waals surface area contributed by atoms with Gasteiger partial charge < -0.3 is 19.3 Å². The van der Waals surface area contributed by atoms with Gasteiger partial charge in [0.15, 0.2) is 34.6 Å². The fourth-order valence-electron chi connectivity index (χ4n) is 9.92. The van der Waals surface area contributed by atoms with Crippen molar-refractivity contribution in [3.8, 4) is 102 Å². The Morgan fingerprint density at radius 2 is 0.671 bits per heavy atom. The Labute approximate surface area is 437 Å². The maximum atomic E-state index is 6.51. The lowest BCUT2D eigenvalue weighted by Crippen LogP contribution is -2.16. The van der Waals surface area contributed by atoms with Gasteiger partial charge in [0.2, 0.25) is 0 Å². The van der Waals surface area contributed by atoms with E-state index < -0.39 is 0 Å². The molecule has 12 aromatic rings. The van der Waals surface area contributed by atoms with Crippen LogP contribution in [0.4, 0.5) is 34.1 Å². The number of para-hydroxylation sites is 8. The molecule has 0 spiro atoms. The van der Waals surface area contributed by atoms with Gasteiger partial charge in [0.05, 0.1) is 45.5 Å².